The summed E-state index contributed by atoms with van der Waals surface area (Å²) >= 11 is 0. The van der Waals surface area contributed by atoms with Gasteiger partial charge in [-0.2, -0.15) is 5.26 Å². The van der Waals surface area contributed by atoms with Gasteiger partial charge in [-0.15, -0.1) is 0 Å². The number of hydrogen-bond acceptors (Lipinski definition) is 9. The van der Waals surface area contributed by atoms with Crippen LogP contribution < -0.4 is 5.32 Å². The summed E-state index contributed by atoms with van der Waals surface area (Å²) in [7, 11) is -1.37. The van der Waals surface area contributed by atoms with E-state index < -0.39 is 8.53 Å². The predicted octanol–water partition coefficient (Wildman–Crippen LogP) is 5.68. The first-order chi connectivity index (χ1) is 19.8. The molecule has 0 bridgehead atoms. The second kappa shape index (κ2) is 12.9. The Hall–Kier alpha value is -3.00. The quantitative estimate of drug-likeness (QED) is 0.225. The van der Waals surface area contributed by atoms with E-state index in [2.05, 4.69) is 65.6 Å². The topological polar surface area (TPSA) is 127 Å². The Bertz CT molecular complexity index is 1370. The van der Waals surface area contributed by atoms with Gasteiger partial charge in [0.2, 0.25) is 0 Å². The molecule has 2 aromatic heterocycles. The monoisotopic (exact) mass is 579 g/mol. The molecule has 0 spiro atoms. The molecule has 2 aliphatic rings. The second-order valence-corrected chi connectivity index (χ2v) is 12.6. The molecule has 6 atom stereocenters. The number of hydrogen-bond donors (Lipinski definition) is 1. The van der Waals surface area contributed by atoms with Crippen molar-refractivity contribution in [2.75, 3.05) is 11.9 Å². The number of imidazole rings is 1. The molecule has 3 aromatic rings. The third-order valence-electron chi connectivity index (χ3n) is 7.74. The maximum Gasteiger partial charge on any atom is 0.259 e. The highest BCUT2D eigenvalue weighted by Gasteiger charge is 2.51. The smallest absolute Gasteiger partial charge is 0.259 e. The van der Waals surface area contributed by atoms with E-state index in [4.69, 9.17) is 19.0 Å². The van der Waals surface area contributed by atoms with Crippen LogP contribution >= 0.6 is 8.53 Å². The van der Waals surface area contributed by atoms with Gasteiger partial charge < -0.3 is 19.1 Å². The van der Waals surface area contributed by atoms with Crippen LogP contribution in [-0.4, -0.2) is 61.0 Å². The van der Waals surface area contributed by atoms with Gasteiger partial charge in [0.05, 0.1) is 37.6 Å². The van der Waals surface area contributed by atoms with Crippen molar-refractivity contribution in [1.29, 1.82) is 5.26 Å². The fourth-order valence-corrected chi connectivity index (χ4v) is 7.66. The number of carbonyl (C=O) groups is 1. The molecule has 12 heteroatoms. The zero-order valence-corrected chi connectivity index (χ0v) is 25.1. The van der Waals surface area contributed by atoms with Gasteiger partial charge in [0, 0.05) is 17.6 Å². The summed E-state index contributed by atoms with van der Waals surface area (Å²) in [5.41, 5.74) is 1.65. The lowest BCUT2D eigenvalue weighted by Gasteiger charge is -2.37. The molecular weight excluding hydrogens is 541 g/mol. The number of rotatable bonds is 11. The lowest BCUT2D eigenvalue weighted by atomic mass is 9.95. The van der Waals surface area contributed by atoms with Crippen molar-refractivity contribution in [2.45, 2.75) is 84.4 Å². The Morgan fingerprint density at radius 2 is 1.95 bits per heavy atom. The van der Waals surface area contributed by atoms with Gasteiger partial charge in [-0.3, -0.25) is 9.36 Å². The normalized spacial score (nSPS) is 24.7. The first-order valence-corrected chi connectivity index (χ1v) is 15.4. The molecule has 1 saturated carbocycles. The van der Waals surface area contributed by atoms with Crippen molar-refractivity contribution in [1.82, 2.24) is 24.2 Å². The van der Waals surface area contributed by atoms with Gasteiger partial charge in [-0.1, -0.05) is 25.1 Å². The second-order valence-electron chi connectivity index (χ2n) is 11.2. The van der Waals surface area contributed by atoms with Crippen molar-refractivity contribution in [3.05, 3.63) is 48.5 Å². The van der Waals surface area contributed by atoms with E-state index in [1.807, 2.05) is 22.8 Å². The molecule has 1 saturated heterocycles. The summed E-state index contributed by atoms with van der Waals surface area (Å²) in [6.45, 7) is 11.1. The van der Waals surface area contributed by atoms with E-state index in [0.29, 0.717) is 47.4 Å². The Morgan fingerprint density at radius 3 is 2.66 bits per heavy atom. The summed E-state index contributed by atoms with van der Waals surface area (Å²) in [5, 5.41) is 11.9. The highest BCUT2D eigenvalue weighted by Crippen LogP contribution is 2.54. The Labute approximate surface area is 242 Å². The molecule has 1 aliphatic heterocycles. The average molecular weight is 580 g/mol. The number of nitrogens with one attached hydrogen (secondary N) is 1. The molecule has 3 heterocycles. The van der Waals surface area contributed by atoms with Crippen LogP contribution in [0, 0.1) is 23.2 Å². The van der Waals surface area contributed by atoms with E-state index in [-0.39, 0.29) is 36.4 Å². The van der Waals surface area contributed by atoms with Crippen molar-refractivity contribution in [2.24, 2.45) is 11.8 Å². The number of fused-ring (bicyclic) bond motifs is 2. The molecule has 1 amide bonds. The van der Waals surface area contributed by atoms with E-state index in [0.717, 1.165) is 12.8 Å². The van der Waals surface area contributed by atoms with Crippen molar-refractivity contribution in [3.63, 3.8) is 0 Å². The molecule has 1 aliphatic carbocycles. The molecule has 0 radical (unpaired) electrons. The SMILES string of the molecule is CC(C)N(C(C)C)P(OCCC#N)O[C@@H]1C[C@@H](C)[C@@H]2C[C@@H](n3cnc4c(NC(=O)c5ccccc5)ncnc43)O[C@@H]21. The number of nitrogens with zero attached hydrogens (tertiary/aromatic N) is 6. The van der Waals surface area contributed by atoms with Crippen LogP contribution in [0.25, 0.3) is 11.2 Å². The van der Waals surface area contributed by atoms with Gasteiger partial charge in [0.25, 0.3) is 14.4 Å². The number of carbonyl (C=O) groups excluding carboxylic acids is 1. The third-order valence-corrected chi connectivity index (χ3v) is 9.89. The molecular formula is C29H38N7O4P. The maximum atomic E-state index is 12.8. The lowest BCUT2D eigenvalue weighted by molar-refractivity contribution is -0.0482. The van der Waals surface area contributed by atoms with E-state index in [1.54, 1.807) is 18.5 Å². The first kappa shape index (κ1) is 29.5. The van der Waals surface area contributed by atoms with Crippen LogP contribution in [0.1, 0.15) is 70.5 Å². The standard InChI is InChI=1S/C29H38N7O4P/c1-18(2)36(19(3)4)41(38-13-9-12-30)40-23-14-20(5)22-15-24(39-26(22)23)35-17-33-25-27(31-16-32-28(25)35)34-29(37)21-10-7-6-8-11-21/h6-8,10-11,16-20,22-24,26H,9,13-15H2,1-5H3,(H,31,32,34,37)/t20-,22+,23-,24+,26+,41?/m1/s1. The molecule has 41 heavy (non-hydrogen) atoms. The molecule has 1 unspecified atom stereocenters. The first-order valence-electron chi connectivity index (χ1n) is 14.2. The van der Waals surface area contributed by atoms with Gasteiger partial charge in [0.1, 0.15) is 12.6 Å². The molecule has 1 aromatic carbocycles. The Kier molecular flexibility index (Phi) is 9.27. The van der Waals surface area contributed by atoms with Crippen LogP contribution in [-0.2, 0) is 13.8 Å². The van der Waals surface area contributed by atoms with E-state index >= 15 is 0 Å². The molecule has 1 N–H and O–H groups in total. The van der Waals surface area contributed by atoms with Gasteiger partial charge in [-0.25, -0.2) is 19.6 Å². The fourth-order valence-electron chi connectivity index (χ4n) is 5.92. The van der Waals surface area contributed by atoms with Gasteiger partial charge in [0.15, 0.2) is 17.0 Å². The number of anilines is 1. The Balaban J connectivity index is 1.33. The molecule has 2 fully saturated rings. The van der Waals surface area contributed by atoms with Crippen molar-refractivity contribution >= 4 is 31.4 Å². The highest BCUT2D eigenvalue weighted by atomic mass is 31.2. The number of ether oxygens (including phenoxy) is 1. The highest BCUT2D eigenvalue weighted by molar-refractivity contribution is 7.44. The number of aromatic nitrogens is 4. The van der Waals surface area contributed by atoms with E-state index in [9.17, 15) is 4.79 Å². The average Bonchev–Trinajstić information content (AvgIpc) is 3.64. The molecule has 11 nitrogen and oxygen atoms in total. The van der Waals surface area contributed by atoms with Crippen LogP contribution in [0.3, 0.4) is 0 Å². The summed E-state index contributed by atoms with van der Waals surface area (Å²) in [6.07, 6.45) is 4.66. The van der Waals surface area contributed by atoms with Crippen LogP contribution in [0.4, 0.5) is 5.82 Å². The number of amides is 1. The minimum Gasteiger partial charge on any atom is -0.352 e. The minimum absolute atomic E-state index is 0.0997. The Morgan fingerprint density at radius 1 is 1.20 bits per heavy atom. The maximum absolute atomic E-state index is 12.8. The molecule has 218 valence electrons. The zero-order chi connectivity index (χ0) is 29.1. The number of benzene rings is 1. The fraction of sp³-hybridized carbons (Fsp3) is 0.552. The van der Waals surface area contributed by atoms with Crippen LogP contribution in [0.2, 0.25) is 0 Å². The summed E-state index contributed by atoms with van der Waals surface area (Å²) < 4.78 is 23.7. The van der Waals surface area contributed by atoms with Gasteiger partial charge in [-0.05, 0) is 64.5 Å². The van der Waals surface area contributed by atoms with Crippen molar-refractivity contribution < 1.29 is 18.6 Å². The predicted molar refractivity (Wildman–Crippen MR) is 156 cm³/mol. The lowest BCUT2D eigenvalue weighted by Crippen LogP contribution is -2.36. The van der Waals surface area contributed by atoms with Crippen molar-refractivity contribution in [3.8, 4) is 6.07 Å². The summed E-state index contributed by atoms with van der Waals surface area (Å²) in [5.74, 6) is 0.815. The number of nitriles is 1. The van der Waals surface area contributed by atoms with Gasteiger partial charge >= 0.3 is 0 Å². The largest absolute Gasteiger partial charge is 0.352 e. The third kappa shape index (κ3) is 6.27. The molecule has 5 rings (SSSR count). The summed E-state index contributed by atoms with van der Waals surface area (Å²) in [4.78, 5) is 26.1. The summed E-state index contributed by atoms with van der Waals surface area (Å²) in [6, 6.07) is 11.6. The van der Waals surface area contributed by atoms with Crippen LogP contribution in [0.5, 0.6) is 0 Å². The zero-order valence-electron chi connectivity index (χ0n) is 24.2. The van der Waals surface area contributed by atoms with Crippen LogP contribution in [0.15, 0.2) is 43.0 Å². The minimum atomic E-state index is -1.37. The van der Waals surface area contributed by atoms with E-state index in [1.165, 1.54) is 6.33 Å².